The van der Waals surface area contributed by atoms with Crippen LogP contribution in [0, 0.1) is 17.6 Å². The number of hydrogen-bond acceptors (Lipinski definition) is 3. The summed E-state index contributed by atoms with van der Waals surface area (Å²) in [6, 6.07) is 3.50. The molecule has 0 unspecified atom stereocenters. The van der Waals surface area contributed by atoms with Gasteiger partial charge in [0.1, 0.15) is 0 Å². The van der Waals surface area contributed by atoms with Crippen LogP contribution in [0.25, 0.3) is 0 Å². The summed E-state index contributed by atoms with van der Waals surface area (Å²) >= 11 is 0. The Labute approximate surface area is 121 Å². The Morgan fingerprint density at radius 2 is 2.14 bits per heavy atom. The summed E-state index contributed by atoms with van der Waals surface area (Å²) in [6.07, 6.45) is 1.26. The molecule has 4 nitrogen and oxygen atoms in total. The molecular weight excluding hydrogens is 280 g/mol. The van der Waals surface area contributed by atoms with Crippen LogP contribution in [0.15, 0.2) is 18.2 Å². The number of nitrogens with zero attached hydrogens (tertiary/aromatic N) is 1. The van der Waals surface area contributed by atoms with Crippen molar-refractivity contribution in [2.45, 2.75) is 19.8 Å². The van der Waals surface area contributed by atoms with E-state index in [1.54, 1.807) is 6.92 Å². The van der Waals surface area contributed by atoms with Crippen molar-refractivity contribution in [3.63, 3.8) is 0 Å². The molecule has 0 radical (unpaired) electrons. The smallest absolute Gasteiger partial charge is 0.310 e. The first kappa shape index (κ1) is 15.4. The van der Waals surface area contributed by atoms with Gasteiger partial charge in [-0.15, -0.1) is 0 Å². The fourth-order valence-electron chi connectivity index (χ4n) is 2.45. The van der Waals surface area contributed by atoms with Crippen molar-refractivity contribution in [3.8, 4) is 0 Å². The Morgan fingerprint density at radius 1 is 1.38 bits per heavy atom. The van der Waals surface area contributed by atoms with Gasteiger partial charge in [-0.2, -0.15) is 0 Å². The third kappa shape index (κ3) is 3.37. The molecule has 1 amide bonds. The Bertz CT molecular complexity index is 548. The van der Waals surface area contributed by atoms with E-state index in [4.69, 9.17) is 4.74 Å². The number of halogens is 2. The maximum Gasteiger partial charge on any atom is 0.310 e. The molecule has 114 valence electrons. The molecule has 0 aromatic heterocycles. The van der Waals surface area contributed by atoms with E-state index in [9.17, 15) is 18.4 Å². The van der Waals surface area contributed by atoms with E-state index in [1.807, 2.05) is 0 Å². The second-order valence-electron chi connectivity index (χ2n) is 4.94. The van der Waals surface area contributed by atoms with Crippen molar-refractivity contribution >= 4 is 11.9 Å². The van der Waals surface area contributed by atoms with Crippen LogP contribution in [0.5, 0.6) is 0 Å². The molecule has 6 heteroatoms. The average Bonchev–Trinajstić information content (AvgIpc) is 2.50. The van der Waals surface area contributed by atoms with Gasteiger partial charge in [-0.1, -0.05) is 6.07 Å². The van der Waals surface area contributed by atoms with Crippen molar-refractivity contribution < 1.29 is 23.1 Å². The molecule has 1 aromatic carbocycles. The standard InChI is InChI=1S/C15H17F2NO3/c1-2-21-15(20)10-5-4-8-18(9-10)14(19)11-6-3-7-12(16)13(11)17/h3,6-7,10H,2,4-5,8-9H2,1H3/t10-/m1/s1. The molecule has 1 saturated heterocycles. The molecule has 1 heterocycles. The number of amides is 1. The number of carbonyl (C=O) groups is 2. The Balaban J connectivity index is 2.12. The minimum absolute atomic E-state index is 0.174. The summed E-state index contributed by atoms with van der Waals surface area (Å²) < 4.78 is 31.8. The number of hydrogen-bond donors (Lipinski definition) is 0. The molecule has 21 heavy (non-hydrogen) atoms. The quantitative estimate of drug-likeness (QED) is 0.805. The first-order valence-corrected chi connectivity index (χ1v) is 6.94. The van der Waals surface area contributed by atoms with E-state index in [0.717, 1.165) is 6.07 Å². The Morgan fingerprint density at radius 3 is 2.86 bits per heavy atom. The predicted octanol–water partition coefficient (Wildman–Crippen LogP) is 2.38. The van der Waals surface area contributed by atoms with Crippen molar-refractivity contribution in [1.82, 2.24) is 4.90 Å². The van der Waals surface area contributed by atoms with Gasteiger partial charge < -0.3 is 9.64 Å². The summed E-state index contributed by atoms with van der Waals surface area (Å²) in [5.41, 5.74) is -0.306. The fraction of sp³-hybridized carbons (Fsp3) is 0.467. The van der Waals surface area contributed by atoms with Gasteiger partial charge in [0.05, 0.1) is 18.1 Å². The second kappa shape index (κ2) is 6.65. The van der Waals surface area contributed by atoms with Gasteiger partial charge in [-0.3, -0.25) is 9.59 Å². The lowest BCUT2D eigenvalue weighted by molar-refractivity contribution is -0.149. The van der Waals surface area contributed by atoms with Crippen LogP contribution in [0.1, 0.15) is 30.1 Å². The highest BCUT2D eigenvalue weighted by Gasteiger charge is 2.31. The number of carbonyl (C=O) groups excluding carboxylic acids is 2. The molecule has 0 bridgehead atoms. The highest BCUT2D eigenvalue weighted by molar-refractivity contribution is 5.94. The van der Waals surface area contributed by atoms with Crippen molar-refractivity contribution in [1.29, 1.82) is 0 Å². The third-order valence-corrected chi connectivity index (χ3v) is 3.51. The number of benzene rings is 1. The highest BCUT2D eigenvalue weighted by Crippen LogP contribution is 2.21. The highest BCUT2D eigenvalue weighted by atomic mass is 19.2. The van der Waals surface area contributed by atoms with Crippen LogP contribution in [-0.2, 0) is 9.53 Å². The normalized spacial score (nSPS) is 18.4. The summed E-state index contributed by atoms with van der Waals surface area (Å²) in [6.45, 7) is 2.59. The number of rotatable bonds is 3. The zero-order valence-electron chi connectivity index (χ0n) is 11.8. The lowest BCUT2D eigenvalue weighted by Crippen LogP contribution is -2.43. The van der Waals surface area contributed by atoms with E-state index in [2.05, 4.69) is 0 Å². The minimum atomic E-state index is -1.15. The van der Waals surface area contributed by atoms with Crippen LogP contribution >= 0.6 is 0 Å². The van der Waals surface area contributed by atoms with E-state index >= 15 is 0 Å². The van der Waals surface area contributed by atoms with Gasteiger partial charge in [-0.05, 0) is 31.9 Å². The SMILES string of the molecule is CCOC(=O)[C@@H]1CCCN(C(=O)c2cccc(F)c2F)C1. The molecule has 1 aliphatic heterocycles. The first-order valence-electron chi connectivity index (χ1n) is 6.94. The van der Waals surface area contributed by atoms with E-state index < -0.39 is 23.5 Å². The maximum atomic E-state index is 13.7. The zero-order chi connectivity index (χ0) is 15.4. The van der Waals surface area contributed by atoms with Gasteiger partial charge in [-0.25, -0.2) is 8.78 Å². The average molecular weight is 297 g/mol. The lowest BCUT2D eigenvalue weighted by atomic mass is 9.97. The molecule has 1 aliphatic rings. The Kier molecular flexibility index (Phi) is 4.88. The first-order chi connectivity index (χ1) is 10.0. The van der Waals surface area contributed by atoms with E-state index in [0.29, 0.717) is 19.4 Å². The molecule has 0 saturated carbocycles. The van der Waals surface area contributed by atoms with E-state index in [-0.39, 0.29) is 24.7 Å². The number of piperidine rings is 1. The van der Waals surface area contributed by atoms with Crippen LogP contribution in [0.3, 0.4) is 0 Å². The van der Waals surface area contributed by atoms with Gasteiger partial charge in [0.2, 0.25) is 0 Å². The summed E-state index contributed by atoms with van der Waals surface area (Å²) in [7, 11) is 0. The van der Waals surface area contributed by atoms with Crippen LogP contribution < -0.4 is 0 Å². The predicted molar refractivity (Wildman–Crippen MR) is 71.6 cm³/mol. The summed E-state index contributed by atoms with van der Waals surface area (Å²) in [5.74, 6) is -3.56. The molecule has 0 spiro atoms. The van der Waals surface area contributed by atoms with Gasteiger partial charge >= 0.3 is 5.97 Å². The molecule has 0 aliphatic carbocycles. The second-order valence-corrected chi connectivity index (χ2v) is 4.94. The summed E-state index contributed by atoms with van der Waals surface area (Å²) in [4.78, 5) is 25.4. The van der Waals surface area contributed by atoms with Crippen molar-refractivity contribution in [3.05, 3.63) is 35.4 Å². The number of likely N-dealkylation sites (tertiary alicyclic amines) is 1. The zero-order valence-corrected chi connectivity index (χ0v) is 11.8. The molecule has 1 atom stereocenters. The van der Waals surface area contributed by atoms with Gasteiger partial charge in [0.25, 0.3) is 5.91 Å². The summed E-state index contributed by atoms with van der Waals surface area (Å²) in [5, 5.41) is 0. The topological polar surface area (TPSA) is 46.6 Å². The third-order valence-electron chi connectivity index (χ3n) is 3.51. The van der Waals surface area contributed by atoms with Gasteiger partial charge in [0, 0.05) is 13.1 Å². The number of esters is 1. The monoisotopic (exact) mass is 297 g/mol. The molecule has 2 rings (SSSR count). The maximum absolute atomic E-state index is 13.7. The molecule has 1 aromatic rings. The van der Waals surface area contributed by atoms with E-state index in [1.165, 1.54) is 17.0 Å². The lowest BCUT2D eigenvalue weighted by Gasteiger charge is -2.31. The van der Waals surface area contributed by atoms with Crippen molar-refractivity contribution in [2.75, 3.05) is 19.7 Å². The van der Waals surface area contributed by atoms with Crippen LogP contribution in [-0.4, -0.2) is 36.5 Å². The van der Waals surface area contributed by atoms with Crippen molar-refractivity contribution in [2.24, 2.45) is 5.92 Å². The van der Waals surface area contributed by atoms with Gasteiger partial charge in [0.15, 0.2) is 11.6 Å². The minimum Gasteiger partial charge on any atom is -0.466 e. The Hall–Kier alpha value is -1.98. The molecular formula is C15H17F2NO3. The largest absolute Gasteiger partial charge is 0.466 e. The van der Waals surface area contributed by atoms with Crippen LogP contribution in [0.4, 0.5) is 8.78 Å². The van der Waals surface area contributed by atoms with Crippen LogP contribution in [0.2, 0.25) is 0 Å². The fourth-order valence-corrected chi connectivity index (χ4v) is 2.45. The number of ether oxygens (including phenoxy) is 1. The molecule has 1 fully saturated rings. The molecule has 0 N–H and O–H groups in total.